The van der Waals surface area contributed by atoms with Crippen LogP contribution in [-0.2, 0) is 29.5 Å². The second-order valence-electron chi connectivity index (χ2n) is 5.06. The van der Waals surface area contributed by atoms with E-state index in [9.17, 15) is 22.0 Å². The van der Waals surface area contributed by atoms with E-state index < -0.39 is 56.5 Å². The number of halogens is 2. The Morgan fingerprint density at radius 3 is 2.38 bits per heavy atom. The molecule has 6 nitrogen and oxygen atoms in total. The molecule has 0 unspecified atom stereocenters. The quantitative estimate of drug-likeness (QED) is 0.795. The Kier molecular flexibility index (Phi) is 3.70. The van der Waals surface area contributed by atoms with Crippen molar-refractivity contribution < 1.29 is 35.0 Å². The van der Waals surface area contributed by atoms with Gasteiger partial charge in [-0.25, -0.2) is 8.78 Å². The summed E-state index contributed by atoms with van der Waals surface area (Å²) >= 11 is 0. The zero-order valence-corrected chi connectivity index (χ0v) is 13.7. The molecule has 136 valence electrons. The van der Waals surface area contributed by atoms with Crippen molar-refractivity contribution in [1.29, 1.82) is 0 Å². The van der Waals surface area contributed by atoms with Crippen molar-refractivity contribution in [3.63, 3.8) is 0 Å². The van der Waals surface area contributed by atoms with Gasteiger partial charge in [0, 0.05) is 0 Å². The molecule has 0 saturated heterocycles. The molecule has 0 saturated carbocycles. The fraction of sp³-hybridized carbons (Fsp3) is 0.118. The lowest BCUT2D eigenvalue weighted by molar-refractivity contribution is -0.123. The van der Waals surface area contributed by atoms with Gasteiger partial charge in [0.15, 0.2) is 6.08 Å². The molecule has 0 fully saturated rings. The van der Waals surface area contributed by atoms with Gasteiger partial charge in [0.25, 0.3) is 0 Å². The van der Waals surface area contributed by atoms with Crippen LogP contribution in [0.15, 0.2) is 60.2 Å². The Morgan fingerprint density at radius 1 is 1.15 bits per heavy atom. The summed E-state index contributed by atoms with van der Waals surface area (Å²) in [5.41, 5.74) is 0.900. The van der Waals surface area contributed by atoms with Gasteiger partial charge in [0.05, 0.1) is 9.68 Å². The van der Waals surface area contributed by atoms with Crippen LogP contribution in [-0.4, -0.2) is 14.2 Å². The minimum absolute atomic E-state index is 0.303. The van der Waals surface area contributed by atoms with Crippen molar-refractivity contribution >= 4 is 15.9 Å². The number of Topliss-reactive ketones (excluding diaryl/α,β-unsaturated/α-hetero) is 1. The van der Waals surface area contributed by atoms with Crippen LogP contribution in [0.2, 0.25) is 0 Å². The van der Waals surface area contributed by atoms with Crippen LogP contribution in [0, 0.1) is 11.6 Å². The number of hydrogen-bond acceptors (Lipinski definition) is 6. The van der Waals surface area contributed by atoms with Crippen LogP contribution in [0.4, 0.5) is 8.78 Å². The fourth-order valence-corrected chi connectivity index (χ4v) is 3.00. The molecule has 2 N–H and O–H groups in total. The first-order valence-electron chi connectivity index (χ1n) is 8.59. The Labute approximate surface area is 152 Å². The lowest BCUT2D eigenvalue weighted by Gasteiger charge is -2.11. The van der Waals surface area contributed by atoms with Crippen molar-refractivity contribution in [3.8, 4) is 0 Å². The summed E-state index contributed by atoms with van der Waals surface area (Å²) in [4.78, 5) is 12.6. The van der Waals surface area contributed by atoms with E-state index in [-0.39, 0.29) is 5.56 Å². The topological polar surface area (TPSA) is 95.7 Å². The molecular formula is C17H13F2NO5S. The molecule has 1 aliphatic rings. The summed E-state index contributed by atoms with van der Waals surface area (Å²) in [7, 11) is -5.19. The van der Waals surface area contributed by atoms with Crippen molar-refractivity contribution in [2.24, 2.45) is 5.73 Å². The maximum Gasteiger partial charge on any atom is 0.313 e. The number of nitrogens with two attached hydrogens (primary N) is 1. The average molecular weight is 384 g/mol. The van der Waals surface area contributed by atoms with Gasteiger partial charge in [-0.2, -0.15) is 8.42 Å². The highest BCUT2D eigenvalue weighted by Gasteiger charge is 2.42. The lowest BCUT2D eigenvalue weighted by atomic mass is 10.0. The molecular weight excluding hydrogens is 368 g/mol. The van der Waals surface area contributed by atoms with Crippen LogP contribution in [0.3, 0.4) is 0 Å². The Balaban J connectivity index is 1.99. The van der Waals surface area contributed by atoms with Crippen LogP contribution >= 0.6 is 0 Å². The zero-order valence-electron chi connectivity index (χ0n) is 15.9. The van der Waals surface area contributed by atoms with Crippen LogP contribution in [0.1, 0.15) is 21.3 Å². The molecule has 1 aliphatic heterocycles. The summed E-state index contributed by atoms with van der Waals surface area (Å²) in [5, 5.41) is 0. The molecule has 1 heterocycles. The molecule has 0 aliphatic carbocycles. The van der Waals surface area contributed by atoms with Gasteiger partial charge in [0.2, 0.25) is 17.4 Å². The molecule has 9 heteroatoms. The van der Waals surface area contributed by atoms with E-state index in [1.807, 2.05) is 0 Å². The Hall–Kier alpha value is -2.94. The summed E-state index contributed by atoms with van der Waals surface area (Å²) < 4.78 is 86.2. The third-order valence-electron chi connectivity index (χ3n) is 3.25. The largest absolute Gasteiger partial charge is 0.460 e. The number of carbonyl (C=O) groups excluding carboxylic acids is 1. The van der Waals surface area contributed by atoms with Gasteiger partial charge in [-0.3, -0.25) is 4.79 Å². The van der Waals surface area contributed by atoms with Gasteiger partial charge in [-0.1, -0.05) is 36.4 Å². The first-order valence-corrected chi connectivity index (χ1v) is 8.50. The third-order valence-corrected chi connectivity index (χ3v) is 4.12. The van der Waals surface area contributed by atoms with E-state index in [0.29, 0.717) is 0 Å². The normalized spacial score (nSPS) is 22.4. The van der Waals surface area contributed by atoms with Gasteiger partial charge >= 0.3 is 10.1 Å². The maximum absolute atomic E-state index is 14.1. The highest BCUT2D eigenvalue weighted by Crippen LogP contribution is 2.35. The first kappa shape index (κ1) is 14.3. The summed E-state index contributed by atoms with van der Waals surface area (Å²) in [6, 6.07) is 9.18. The van der Waals surface area contributed by atoms with Gasteiger partial charge in [-0.05, 0) is 17.7 Å². The smallest absolute Gasteiger partial charge is 0.313 e. The number of ketones is 1. The lowest BCUT2D eigenvalue weighted by Crippen LogP contribution is -2.17. The van der Waals surface area contributed by atoms with Gasteiger partial charge in [-0.15, -0.1) is 0 Å². The number of ether oxygens (including phenoxy) is 1. The van der Waals surface area contributed by atoms with Crippen molar-refractivity contribution in [2.45, 2.75) is 11.8 Å². The molecule has 26 heavy (non-hydrogen) atoms. The van der Waals surface area contributed by atoms with E-state index in [0.717, 1.165) is 18.2 Å². The van der Waals surface area contributed by atoms with Crippen molar-refractivity contribution in [1.82, 2.24) is 0 Å². The third kappa shape index (κ3) is 3.52. The molecule has 2 aromatic rings. The van der Waals surface area contributed by atoms with Crippen molar-refractivity contribution in [2.75, 3.05) is 0 Å². The summed E-state index contributed by atoms with van der Waals surface area (Å²) in [5.74, 6) is -6.48. The zero-order chi connectivity index (χ0) is 21.6. The molecule has 1 atom stereocenters. The second kappa shape index (κ2) is 6.75. The summed E-state index contributed by atoms with van der Waals surface area (Å²) in [6.07, 6.45) is -3.08. The average Bonchev–Trinajstić information content (AvgIpc) is 2.85. The van der Waals surface area contributed by atoms with E-state index in [4.69, 9.17) is 14.6 Å². The Morgan fingerprint density at radius 2 is 1.77 bits per heavy atom. The highest BCUT2D eigenvalue weighted by molar-refractivity contribution is 7.86. The number of benzene rings is 2. The molecule has 0 bridgehead atoms. The van der Waals surface area contributed by atoms with Gasteiger partial charge in [0.1, 0.15) is 17.3 Å². The molecule has 0 aromatic heterocycles. The molecule has 0 spiro atoms. The first-order chi connectivity index (χ1) is 13.4. The Bertz CT molecular complexity index is 1100. The molecule has 3 rings (SSSR count). The predicted octanol–water partition coefficient (Wildman–Crippen LogP) is 2.28. The van der Waals surface area contributed by atoms with E-state index >= 15 is 0 Å². The predicted molar refractivity (Wildman–Crippen MR) is 86.6 cm³/mol. The minimum Gasteiger partial charge on any atom is -0.460 e. The fourth-order valence-electron chi connectivity index (χ4n) is 2.16. The van der Waals surface area contributed by atoms with Crippen LogP contribution < -0.4 is 5.73 Å². The summed E-state index contributed by atoms with van der Waals surface area (Å²) in [6.45, 7) is 0. The monoisotopic (exact) mass is 384 g/mol. The van der Waals surface area contributed by atoms with Crippen LogP contribution in [0.5, 0.6) is 0 Å². The van der Waals surface area contributed by atoms with E-state index in [2.05, 4.69) is 4.18 Å². The number of rotatable bonds is 5. The maximum atomic E-state index is 14.1. The van der Waals surface area contributed by atoms with Crippen LogP contribution in [0.25, 0.3) is 0 Å². The second-order valence-corrected chi connectivity index (χ2v) is 6.33. The SMILES string of the molecule is [2H]C([2H])(c1ccccc1)S(=O)(=O)OC1=C(N)O[C@@]([2H])(c2c(F)cccc2F)C1=O. The van der Waals surface area contributed by atoms with E-state index in [1.54, 1.807) is 0 Å². The number of carbonyl (C=O) groups is 1. The highest BCUT2D eigenvalue weighted by atomic mass is 32.2. The number of hydrogen-bond donors (Lipinski definition) is 1. The molecule has 2 aromatic carbocycles. The minimum atomic E-state index is -5.19. The standard InChI is InChI=1S/C17H13F2NO5S/c18-11-7-4-8-12(19)13(11)15-14(21)16(17(20)24-15)25-26(22,23)9-10-5-2-1-3-6-10/h1-8,15H,9,20H2/t15-/m0/s1/i9D2,15D. The molecule has 0 radical (unpaired) electrons. The van der Waals surface area contributed by atoms with E-state index in [1.165, 1.54) is 30.3 Å². The van der Waals surface area contributed by atoms with Crippen molar-refractivity contribution in [3.05, 3.63) is 82.9 Å². The van der Waals surface area contributed by atoms with Gasteiger partial charge < -0.3 is 14.7 Å². The molecule has 0 amide bonds.